The summed E-state index contributed by atoms with van der Waals surface area (Å²) in [5.74, 6) is 2.44. The number of anilines is 1. The standard InChI is InChI=1S/C24H29N3O3/c1-15-12-21-22(14-25-24(21)29)26-23(15)27-9-6-18(7-10-27)30-19-4-5-20-16(8-11-28)2-3-17(20)13-19/h4-5,12-13,16,18,28H,2-3,6-11,14H2,1H3,(H,25,29)/t16-/m0/s1. The van der Waals surface area contributed by atoms with Crippen molar-refractivity contribution in [3.63, 3.8) is 0 Å². The monoisotopic (exact) mass is 407 g/mol. The molecule has 1 aromatic carbocycles. The second-order valence-corrected chi connectivity index (χ2v) is 8.72. The van der Waals surface area contributed by atoms with Crippen molar-refractivity contribution >= 4 is 11.7 Å². The van der Waals surface area contributed by atoms with Crippen LogP contribution in [0.25, 0.3) is 0 Å². The van der Waals surface area contributed by atoms with Crippen molar-refractivity contribution in [2.75, 3.05) is 24.6 Å². The number of hydrogen-bond acceptors (Lipinski definition) is 5. The number of carbonyl (C=O) groups excluding carboxylic acids is 1. The molecule has 2 N–H and O–H groups in total. The molecule has 1 aliphatic carbocycles. The molecule has 2 aromatic rings. The Labute approximate surface area is 177 Å². The number of fused-ring (bicyclic) bond motifs is 2. The summed E-state index contributed by atoms with van der Waals surface area (Å²) < 4.78 is 6.33. The van der Waals surface area contributed by atoms with Gasteiger partial charge in [0.1, 0.15) is 17.7 Å². The third-order valence-electron chi connectivity index (χ3n) is 6.76. The van der Waals surface area contributed by atoms with Crippen LogP contribution in [0.15, 0.2) is 24.3 Å². The van der Waals surface area contributed by atoms with Crippen LogP contribution in [0.2, 0.25) is 0 Å². The van der Waals surface area contributed by atoms with Gasteiger partial charge in [0, 0.05) is 32.5 Å². The lowest BCUT2D eigenvalue weighted by molar-refractivity contribution is 0.0965. The minimum atomic E-state index is -0.0173. The number of aromatic nitrogens is 1. The van der Waals surface area contributed by atoms with Gasteiger partial charge in [0.25, 0.3) is 5.91 Å². The molecule has 30 heavy (non-hydrogen) atoms. The summed E-state index contributed by atoms with van der Waals surface area (Å²) >= 11 is 0. The molecule has 6 nitrogen and oxygen atoms in total. The minimum absolute atomic E-state index is 0.0173. The van der Waals surface area contributed by atoms with E-state index in [1.54, 1.807) is 0 Å². The fraction of sp³-hybridized carbons (Fsp3) is 0.500. The molecule has 0 bridgehead atoms. The number of hydrogen-bond donors (Lipinski definition) is 2. The van der Waals surface area contributed by atoms with Crippen molar-refractivity contribution in [2.45, 2.75) is 57.6 Å². The number of aliphatic hydroxyl groups excluding tert-OH is 1. The molecule has 0 saturated carbocycles. The van der Waals surface area contributed by atoms with Crippen LogP contribution in [-0.2, 0) is 13.0 Å². The molecule has 6 heteroatoms. The van der Waals surface area contributed by atoms with Crippen molar-refractivity contribution in [1.29, 1.82) is 0 Å². The maximum absolute atomic E-state index is 11.9. The molecule has 2 aliphatic heterocycles. The predicted molar refractivity (Wildman–Crippen MR) is 115 cm³/mol. The Morgan fingerprint density at radius 1 is 1.23 bits per heavy atom. The normalized spacial score (nSPS) is 20.8. The number of nitrogens with zero attached hydrogens (tertiary/aromatic N) is 2. The van der Waals surface area contributed by atoms with Gasteiger partial charge in [-0.25, -0.2) is 4.98 Å². The molecule has 3 aliphatic rings. The SMILES string of the molecule is Cc1cc2c(nc1N1CCC(Oc3ccc4c(c3)CC[C@H]4CCO)CC1)CNC2=O. The summed E-state index contributed by atoms with van der Waals surface area (Å²) in [6.45, 7) is 4.63. The highest BCUT2D eigenvalue weighted by Gasteiger charge is 2.27. The lowest BCUT2D eigenvalue weighted by Gasteiger charge is -2.34. The van der Waals surface area contributed by atoms with Crippen LogP contribution in [0.5, 0.6) is 5.75 Å². The van der Waals surface area contributed by atoms with E-state index in [0.717, 1.165) is 68.0 Å². The minimum Gasteiger partial charge on any atom is -0.490 e. The van der Waals surface area contributed by atoms with Crippen LogP contribution in [0.1, 0.15) is 64.3 Å². The highest BCUT2D eigenvalue weighted by atomic mass is 16.5. The summed E-state index contributed by atoms with van der Waals surface area (Å²) in [6, 6.07) is 8.46. The number of aryl methyl sites for hydroxylation is 2. The molecule has 1 amide bonds. The van der Waals surface area contributed by atoms with Gasteiger partial charge in [0.2, 0.25) is 0 Å². The largest absolute Gasteiger partial charge is 0.490 e. The Morgan fingerprint density at radius 2 is 2.07 bits per heavy atom. The first-order valence-electron chi connectivity index (χ1n) is 11.1. The molecular formula is C24H29N3O3. The average molecular weight is 408 g/mol. The molecule has 1 fully saturated rings. The third kappa shape index (κ3) is 3.54. The Balaban J connectivity index is 1.22. The number of ether oxygens (including phenoxy) is 1. The number of piperidine rings is 1. The van der Waals surface area contributed by atoms with Crippen molar-refractivity contribution in [1.82, 2.24) is 10.3 Å². The first kappa shape index (κ1) is 19.4. The van der Waals surface area contributed by atoms with Crippen LogP contribution < -0.4 is 15.0 Å². The van der Waals surface area contributed by atoms with E-state index in [4.69, 9.17) is 9.72 Å². The first-order valence-corrected chi connectivity index (χ1v) is 11.1. The summed E-state index contributed by atoms with van der Waals surface area (Å²) in [4.78, 5) is 19.0. The summed E-state index contributed by atoms with van der Waals surface area (Å²) in [7, 11) is 0. The Morgan fingerprint density at radius 3 is 2.87 bits per heavy atom. The van der Waals surface area contributed by atoms with E-state index in [1.807, 2.05) is 13.0 Å². The number of rotatable bonds is 5. The van der Waals surface area contributed by atoms with E-state index in [-0.39, 0.29) is 18.6 Å². The summed E-state index contributed by atoms with van der Waals surface area (Å²) in [5, 5.41) is 12.1. The van der Waals surface area contributed by atoms with Gasteiger partial charge in [0.15, 0.2) is 0 Å². The highest BCUT2D eigenvalue weighted by molar-refractivity contribution is 5.98. The lowest BCUT2D eigenvalue weighted by atomic mass is 9.98. The van der Waals surface area contributed by atoms with Crippen molar-refractivity contribution in [3.8, 4) is 5.75 Å². The molecule has 158 valence electrons. The van der Waals surface area contributed by atoms with E-state index < -0.39 is 0 Å². The summed E-state index contributed by atoms with van der Waals surface area (Å²) in [6.07, 6.45) is 5.19. The topological polar surface area (TPSA) is 74.7 Å². The van der Waals surface area contributed by atoms with Crippen LogP contribution in [0.4, 0.5) is 5.82 Å². The van der Waals surface area contributed by atoms with Gasteiger partial charge in [-0.05, 0) is 67.0 Å². The highest BCUT2D eigenvalue weighted by Crippen LogP contribution is 2.37. The fourth-order valence-electron chi connectivity index (χ4n) is 5.14. The Hall–Kier alpha value is -2.60. The molecule has 0 unspecified atom stereocenters. The maximum atomic E-state index is 11.9. The number of pyridine rings is 1. The molecule has 0 spiro atoms. The number of carbonyl (C=O) groups is 1. The molecule has 1 atom stereocenters. The van der Waals surface area contributed by atoms with Crippen LogP contribution in [0.3, 0.4) is 0 Å². The van der Waals surface area contributed by atoms with Gasteiger partial charge in [-0.2, -0.15) is 0 Å². The molecule has 3 heterocycles. The van der Waals surface area contributed by atoms with E-state index in [1.165, 1.54) is 11.1 Å². The second-order valence-electron chi connectivity index (χ2n) is 8.72. The smallest absolute Gasteiger partial charge is 0.253 e. The van der Waals surface area contributed by atoms with E-state index >= 15 is 0 Å². The summed E-state index contributed by atoms with van der Waals surface area (Å²) in [5.41, 5.74) is 5.40. The lowest BCUT2D eigenvalue weighted by Crippen LogP contribution is -2.39. The van der Waals surface area contributed by atoms with Gasteiger partial charge >= 0.3 is 0 Å². The Kier molecular flexibility index (Phi) is 5.11. The average Bonchev–Trinajstić information content (AvgIpc) is 3.32. The van der Waals surface area contributed by atoms with E-state index in [2.05, 4.69) is 28.4 Å². The van der Waals surface area contributed by atoms with Gasteiger partial charge < -0.3 is 20.1 Å². The van der Waals surface area contributed by atoms with E-state index in [9.17, 15) is 9.90 Å². The zero-order chi connectivity index (χ0) is 20.7. The fourth-order valence-corrected chi connectivity index (χ4v) is 5.14. The molecule has 0 radical (unpaired) electrons. The number of aliphatic hydroxyl groups is 1. The predicted octanol–water partition coefficient (Wildman–Crippen LogP) is 3.09. The van der Waals surface area contributed by atoms with Gasteiger partial charge in [-0.15, -0.1) is 0 Å². The van der Waals surface area contributed by atoms with Gasteiger partial charge in [0.05, 0.1) is 17.8 Å². The van der Waals surface area contributed by atoms with Crippen molar-refractivity contribution in [3.05, 3.63) is 52.2 Å². The van der Waals surface area contributed by atoms with Crippen LogP contribution in [-0.4, -0.2) is 41.8 Å². The van der Waals surface area contributed by atoms with Crippen LogP contribution >= 0.6 is 0 Å². The van der Waals surface area contributed by atoms with Gasteiger partial charge in [-0.3, -0.25) is 4.79 Å². The molecule has 1 saturated heterocycles. The number of nitrogens with one attached hydrogen (secondary N) is 1. The van der Waals surface area contributed by atoms with E-state index in [0.29, 0.717) is 18.0 Å². The molecule has 5 rings (SSSR count). The zero-order valence-corrected chi connectivity index (χ0v) is 17.5. The van der Waals surface area contributed by atoms with Gasteiger partial charge in [-0.1, -0.05) is 6.07 Å². The van der Waals surface area contributed by atoms with Crippen LogP contribution in [0, 0.1) is 6.92 Å². The number of benzene rings is 1. The Bertz CT molecular complexity index is 966. The molecular weight excluding hydrogens is 378 g/mol. The number of amides is 1. The maximum Gasteiger partial charge on any atom is 0.253 e. The van der Waals surface area contributed by atoms with Crippen molar-refractivity contribution in [2.24, 2.45) is 0 Å². The first-order chi connectivity index (χ1) is 14.6. The zero-order valence-electron chi connectivity index (χ0n) is 17.5. The second kappa shape index (κ2) is 7.91. The quantitative estimate of drug-likeness (QED) is 0.797. The van der Waals surface area contributed by atoms with Crippen molar-refractivity contribution < 1.29 is 14.6 Å². The third-order valence-corrected chi connectivity index (χ3v) is 6.76. The molecule has 1 aromatic heterocycles.